The lowest BCUT2D eigenvalue weighted by atomic mass is 9.87. The molecule has 0 atom stereocenters. The van der Waals surface area contributed by atoms with Crippen LogP contribution in [0.3, 0.4) is 0 Å². The number of halogens is 6. The molecule has 0 amide bonds. The van der Waals surface area contributed by atoms with Crippen molar-refractivity contribution in [1.29, 1.82) is 0 Å². The number of hydrogen-bond donors (Lipinski definition) is 0. The summed E-state index contributed by atoms with van der Waals surface area (Å²) in [5, 5.41) is -2.17. The molecular weight excluding hydrogens is 297 g/mol. The molecule has 0 radical (unpaired) electrons. The lowest BCUT2D eigenvalue weighted by Gasteiger charge is -2.17. The summed E-state index contributed by atoms with van der Waals surface area (Å²) >= 11 is 0. The van der Waals surface area contributed by atoms with Crippen molar-refractivity contribution < 1.29 is 31.1 Å². The van der Waals surface area contributed by atoms with E-state index in [9.17, 15) is 26.3 Å². The monoisotopic (exact) mass is 306 g/mol. The first kappa shape index (κ1) is 15.5. The van der Waals surface area contributed by atoms with Crippen molar-refractivity contribution in [3.05, 3.63) is 34.9 Å². The fraction of sp³-hybridized carbons (Fsp3) is 0.231. The molecule has 2 aromatic carbocycles. The predicted molar refractivity (Wildman–Crippen MR) is 67.6 cm³/mol. The van der Waals surface area contributed by atoms with Gasteiger partial charge in [-0.3, -0.25) is 0 Å². The molecule has 21 heavy (non-hydrogen) atoms. The first-order valence-electron chi connectivity index (χ1n) is 5.98. The van der Waals surface area contributed by atoms with Crippen molar-refractivity contribution in [3.8, 4) is 5.75 Å². The van der Waals surface area contributed by atoms with Crippen LogP contribution in [0.15, 0.2) is 0 Å². The molecular formula is C13H9BF6O. The van der Waals surface area contributed by atoms with Crippen molar-refractivity contribution in [2.24, 2.45) is 0 Å². The Hall–Kier alpha value is -1.86. The van der Waals surface area contributed by atoms with E-state index in [1.54, 1.807) is 0 Å². The molecule has 0 aliphatic rings. The highest BCUT2D eigenvalue weighted by Crippen LogP contribution is 2.32. The Bertz CT molecular complexity index is 744. The highest BCUT2D eigenvalue weighted by atomic mass is 19.2. The van der Waals surface area contributed by atoms with Crippen LogP contribution in [0.1, 0.15) is 13.8 Å². The Morgan fingerprint density at radius 1 is 0.714 bits per heavy atom. The highest BCUT2D eigenvalue weighted by molar-refractivity contribution is 6.41. The molecule has 0 heterocycles. The predicted octanol–water partition coefficient (Wildman–Crippen LogP) is 2.72. The van der Waals surface area contributed by atoms with Gasteiger partial charge in [-0.1, -0.05) is 0 Å². The van der Waals surface area contributed by atoms with E-state index in [0.717, 1.165) is 7.85 Å². The van der Waals surface area contributed by atoms with Crippen molar-refractivity contribution in [2.75, 3.05) is 0 Å². The SMILES string of the molecule is Bc1c(OC(C)C)c(F)c(F)c2c(F)c(F)c(F)c(F)c12. The second kappa shape index (κ2) is 5.16. The van der Waals surface area contributed by atoms with Crippen LogP contribution in [-0.4, -0.2) is 14.0 Å². The molecule has 0 aromatic heterocycles. The molecule has 0 aliphatic heterocycles. The van der Waals surface area contributed by atoms with Gasteiger partial charge in [-0.25, -0.2) is 22.0 Å². The molecule has 8 heteroatoms. The van der Waals surface area contributed by atoms with Crippen molar-refractivity contribution in [2.45, 2.75) is 20.0 Å². The Morgan fingerprint density at radius 2 is 1.14 bits per heavy atom. The zero-order valence-electron chi connectivity index (χ0n) is 11.3. The van der Waals surface area contributed by atoms with E-state index in [-0.39, 0.29) is 5.46 Å². The zero-order valence-corrected chi connectivity index (χ0v) is 11.3. The number of benzene rings is 2. The van der Waals surface area contributed by atoms with Crippen molar-refractivity contribution in [3.63, 3.8) is 0 Å². The molecule has 0 aliphatic carbocycles. The average molecular weight is 306 g/mol. The largest absolute Gasteiger partial charge is 0.488 e. The van der Waals surface area contributed by atoms with Gasteiger partial charge in [0.2, 0.25) is 5.82 Å². The summed E-state index contributed by atoms with van der Waals surface area (Å²) in [6.45, 7) is 3.01. The molecule has 2 aromatic rings. The van der Waals surface area contributed by atoms with Gasteiger partial charge in [-0.15, -0.1) is 0 Å². The Morgan fingerprint density at radius 3 is 1.62 bits per heavy atom. The minimum Gasteiger partial charge on any atom is -0.488 e. The smallest absolute Gasteiger partial charge is 0.200 e. The van der Waals surface area contributed by atoms with Gasteiger partial charge in [-0.05, 0) is 19.3 Å². The Kier molecular flexibility index (Phi) is 3.82. The molecule has 1 nitrogen and oxygen atoms in total. The van der Waals surface area contributed by atoms with Crippen LogP contribution in [0.2, 0.25) is 0 Å². The molecule has 0 N–H and O–H groups in total. The summed E-state index contributed by atoms with van der Waals surface area (Å²) in [5.74, 6) is -12.2. The standard InChI is InChI=1S/C13H9BF6O/c1-3(2)21-13-6(14)4-5(9(17)12(13)20)8(16)11(19)10(18)7(4)15/h3H,14H2,1-2H3. The van der Waals surface area contributed by atoms with Gasteiger partial charge in [0.1, 0.15) is 7.85 Å². The van der Waals surface area contributed by atoms with Gasteiger partial charge >= 0.3 is 0 Å². The van der Waals surface area contributed by atoms with Crippen LogP contribution in [0, 0.1) is 34.9 Å². The molecule has 0 spiro atoms. The van der Waals surface area contributed by atoms with Gasteiger partial charge in [0.15, 0.2) is 34.8 Å². The van der Waals surface area contributed by atoms with E-state index in [2.05, 4.69) is 0 Å². The van der Waals surface area contributed by atoms with E-state index in [1.807, 2.05) is 0 Å². The number of hydrogen-bond acceptors (Lipinski definition) is 1. The third-order valence-electron chi connectivity index (χ3n) is 2.95. The van der Waals surface area contributed by atoms with Gasteiger partial charge in [0.05, 0.1) is 11.5 Å². The summed E-state index contributed by atoms with van der Waals surface area (Å²) in [5.41, 5.74) is -0.354. The van der Waals surface area contributed by atoms with Crippen LogP contribution in [0.25, 0.3) is 10.8 Å². The van der Waals surface area contributed by atoms with Gasteiger partial charge in [-0.2, -0.15) is 4.39 Å². The summed E-state index contributed by atoms with van der Waals surface area (Å²) in [7, 11) is 1.10. The van der Waals surface area contributed by atoms with Gasteiger partial charge in [0, 0.05) is 5.39 Å². The fourth-order valence-corrected chi connectivity index (χ4v) is 2.05. The van der Waals surface area contributed by atoms with E-state index in [0.29, 0.717) is 0 Å². The normalized spacial score (nSPS) is 11.5. The number of rotatable bonds is 2. The van der Waals surface area contributed by atoms with E-state index < -0.39 is 57.5 Å². The third-order valence-corrected chi connectivity index (χ3v) is 2.95. The molecule has 0 saturated carbocycles. The van der Waals surface area contributed by atoms with Crippen LogP contribution in [-0.2, 0) is 0 Å². The summed E-state index contributed by atoms with van der Waals surface area (Å²) in [6, 6.07) is 0. The van der Waals surface area contributed by atoms with Crippen molar-refractivity contribution in [1.82, 2.24) is 0 Å². The van der Waals surface area contributed by atoms with E-state index in [1.165, 1.54) is 13.8 Å². The van der Waals surface area contributed by atoms with Crippen LogP contribution < -0.4 is 10.2 Å². The highest BCUT2D eigenvalue weighted by Gasteiger charge is 2.29. The Labute approximate surface area is 116 Å². The summed E-state index contributed by atoms with van der Waals surface area (Å²) < 4.78 is 86.7. The Balaban J connectivity index is 3.03. The first-order chi connectivity index (χ1) is 9.68. The molecule has 0 bridgehead atoms. The summed E-state index contributed by atoms with van der Waals surface area (Å²) in [6.07, 6.45) is -0.590. The topological polar surface area (TPSA) is 9.23 Å². The first-order valence-corrected chi connectivity index (χ1v) is 5.98. The van der Waals surface area contributed by atoms with E-state index in [4.69, 9.17) is 4.74 Å². The lowest BCUT2D eigenvalue weighted by molar-refractivity contribution is 0.230. The molecule has 0 fully saturated rings. The minimum atomic E-state index is -2.20. The second-order valence-corrected chi connectivity index (χ2v) is 4.75. The second-order valence-electron chi connectivity index (χ2n) is 4.75. The quantitative estimate of drug-likeness (QED) is 0.359. The zero-order chi connectivity index (χ0) is 16.1. The molecule has 2 rings (SSSR count). The molecule has 0 unspecified atom stereocenters. The van der Waals surface area contributed by atoms with Gasteiger partial charge < -0.3 is 4.74 Å². The van der Waals surface area contributed by atoms with Gasteiger partial charge in [0.25, 0.3) is 0 Å². The van der Waals surface area contributed by atoms with Crippen LogP contribution in [0.4, 0.5) is 26.3 Å². The summed E-state index contributed by atoms with van der Waals surface area (Å²) in [4.78, 5) is 0. The van der Waals surface area contributed by atoms with Crippen LogP contribution in [0.5, 0.6) is 5.75 Å². The maximum Gasteiger partial charge on any atom is 0.200 e. The maximum absolute atomic E-state index is 13.9. The van der Waals surface area contributed by atoms with Crippen LogP contribution >= 0.6 is 0 Å². The number of fused-ring (bicyclic) bond motifs is 1. The lowest BCUT2D eigenvalue weighted by Crippen LogP contribution is -2.20. The minimum absolute atomic E-state index is 0.354. The third kappa shape index (κ3) is 2.22. The number of ether oxygens (including phenoxy) is 1. The van der Waals surface area contributed by atoms with Crippen molar-refractivity contribution >= 4 is 24.1 Å². The average Bonchev–Trinajstić information content (AvgIpc) is 2.42. The molecule has 112 valence electrons. The molecule has 0 saturated heterocycles. The fourth-order valence-electron chi connectivity index (χ4n) is 2.05. The maximum atomic E-state index is 13.9. The van der Waals surface area contributed by atoms with E-state index >= 15 is 0 Å².